The van der Waals surface area contributed by atoms with Crippen LogP contribution in [0.1, 0.15) is 98.3 Å². The molecule has 0 saturated heterocycles. The van der Waals surface area contributed by atoms with Crippen LogP contribution in [-0.4, -0.2) is 31.1 Å². The average Bonchev–Trinajstić information content (AvgIpc) is 3.04. The Balaban J connectivity index is 1.48. The van der Waals surface area contributed by atoms with Gasteiger partial charge in [-0.1, -0.05) is 32.4 Å². The standard InChI is InChI=1S/C27H45IO3/c1-18(9-11-24(2,30)15-16-29)21-7-8-22-20-6-5-19-17-27(28,31)14-13-25(19,3)23(20)10-12-26(21,22)4/h5,18,20-23,29-31H,6-17H2,1-4H3/t18-,20+,21-,22+,23+,24?,25+,26-,27+/m1/s1. The van der Waals surface area contributed by atoms with Crippen LogP contribution in [0.2, 0.25) is 0 Å². The molecular formula is C27H45IO3. The first-order valence-electron chi connectivity index (χ1n) is 12.9. The zero-order chi connectivity index (χ0) is 22.7. The normalized spacial score (nSPS) is 47.5. The lowest BCUT2D eigenvalue weighted by atomic mass is 9.47. The predicted octanol–water partition coefficient (Wildman–Crippen LogP) is 6.24. The van der Waals surface area contributed by atoms with Crippen LogP contribution in [0.3, 0.4) is 0 Å². The van der Waals surface area contributed by atoms with Crippen molar-refractivity contribution in [1.82, 2.24) is 0 Å². The fourth-order valence-electron chi connectivity index (χ4n) is 8.69. The third kappa shape index (κ3) is 4.41. The Bertz CT molecular complexity index is 701. The summed E-state index contributed by atoms with van der Waals surface area (Å²) in [7, 11) is 0. The van der Waals surface area contributed by atoms with Crippen molar-refractivity contribution in [2.75, 3.05) is 6.61 Å². The zero-order valence-corrected chi connectivity index (χ0v) is 22.3. The maximum Gasteiger partial charge on any atom is 0.119 e. The summed E-state index contributed by atoms with van der Waals surface area (Å²) >= 11 is 2.27. The molecule has 3 saturated carbocycles. The van der Waals surface area contributed by atoms with Crippen LogP contribution in [0.15, 0.2) is 11.6 Å². The molecule has 4 heteroatoms. The van der Waals surface area contributed by atoms with E-state index >= 15 is 0 Å². The Morgan fingerprint density at radius 1 is 1.13 bits per heavy atom. The molecule has 9 atom stereocenters. The molecule has 0 aromatic rings. The Kier molecular flexibility index (Phi) is 6.74. The molecule has 3 nitrogen and oxygen atoms in total. The lowest BCUT2D eigenvalue weighted by molar-refractivity contribution is -0.0604. The molecule has 0 radical (unpaired) electrons. The molecule has 3 fully saturated rings. The third-order valence-corrected chi connectivity index (χ3v) is 11.6. The first-order chi connectivity index (χ1) is 14.4. The van der Waals surface area contributed by atoms with E-state index in [-0.39, 0.29) is 6.61 Å². The molecule has 3 N–H and O–H groups in total. The van der Waals surface area contributed by atoms with Gasteiger partial charge >= 0.3 is 0 Å². The van der Waals surface area contributed by atoms with Gasteiger partial charge in [0, 0.05) is 13.0 Å². The number of alkyl halides is 1. The molecule has 0 aromatic carbocycles. The topological polar surface area (TPSA) is 60.7 Å². The van der Waals surface area contributed by atoms with E-state index in [1.807, 2.05) is 6.92 Å². The first-order valence-corrected chi connectivity index (χ1v) is 13.9. The largest absolute Gasteiger partial charge is 0.396 e. The Hall–Kier alpha value is 0.350. The van der Waals surface area contributed by atoms with Gasteiger partial charge in [0.05, 0.1) is 5.60 Å². The van der Waals surface area contributed by atoms with Crippen molar-refractivity contribution in [3.8, 4) is 0 Å². The maximum atomic E-state index is 10.7. The van der Waals surface area contributed by atoms with Crippen molar-refractivity contribution < 1.29 is 15.3 Å². The molecule has 4 aliphatic carbocycles. The lowest BCUT2D eigenvalue weighted by Crippen LogP contribution is -2.51. The molecular weight excluding hydrogens is 499 g/mol. The van der Waals surface area contributed by atoms with E-state index in [9.17, 15) is 15.3 Å². The highest BCUT2D eigenvalue weighted by Crippen LogP contribution is 2.68. The highest BCUT2D eigenvalue weighted by atomic mass is 127. The minimum absolute atomic E-state index is 0.0664. The van der Waals surface area contributed by atoms with E-state index in [1.54, 1.807) is 5.57 Å². The summed E-state index contributed by atoms with van der Waals surface area (Å²) in [6.45, 7) is 9.48. The predicted molar refractivity (Wildman–Crippen MR) is 135 cm³/mol. The molecule has 0 amide bonds. The summed E-state index contributed by atoms with van der Waals surface area (Å²) in [6.07, 6.45) is 14.4. The van der Waals surface area contributed by atoms with Crippen LogP contribution in [0.25, 0.3) is 0 Å². The van der Waals surface area contributed by atoms with E-state index in [4.69, 9.17) is 0 Å². The third-order valence-electron chi connectivity index (χ3n) is 10.7. The molecule has 0 bridgehead atoms. The Labute approximate surface area is 203 Å². The number of fused-ring (bicyclic) bond motifs is 5. The summed E-state index contributed by atoms with van der Waals surface area (Å²) in [5, 5.41) is 30.5. The summed E-state index contributed by atoms with van der Waals surface area (Å²) in [6, 6.07) is 0. The monoisotopic (exact) mass is 544 g/mol. The number of aliphatic hydroxyl groups excluding tert-OH is 1. The van der Waals surface area contributed by atoms with Gasteiger partial charge in [0.1, 0.15) is 3.61 Å². The minimum Gasteiger partial charge on any atom is -0.396 e. The second-order valence-corrected chi connectivity index (χ2v) is 14.6. The van der Waals surface area contributed by atoms with E-state index < -0.39 is 9.21 Å². The van der Waals surface area contributed by atoms with Crippen LogP contribution in [0.4, 0.5) is 0 Å². The van der Waals surface area contributed by atoms with Crippen molar-refractivity contribution in [1.29, 1.82) is 0 Å². The van der Waals surface area contributed by atoms with Crippen molar-refractivity contribution in [2.24, 2.45) is 40.4 Å². The van der Waals surface area contributed by atoms with E-state index in [1.165, 1.54) is 32.1 Å². The smallest absolute Gasteiger partial charge is 0.119 e. The second-order valence-electron chi connectivity index (χ2n) is 12.6. The molecule has 0 aromatic heterocycles. The van der Waals surface area contributed by atoms with Gasteiger partial charge in [-0.05, 0) is 134 Å². The van der Waals surface area contributed by atoms with Crippen molar-refractivity contribution in [3.05, 3.63) is 11.6 Å². The van der Waals surface area contributed by atoms with Crippen LogP contribution in [0, 0.1) is 40.4 Å². The molecule has 4 aliphatic rings. The summed E-state index contributed by atoms with van der Waals surface area (Å²) in [4.78, 5) is 0. The van der Waals surface area contributed by atoms with Gasteiger partial charge < -0.3 is 15.3 Å². The number of hydrogen-bond acceptors (Lipinski definition) is 3. The van der Waals surface area contributed by atoms with E-state index in [0.29, 0.717) is 23.2 Å². The number of aliphatic hydroxyl groups is 3. The molecule has 0 heterocycles. The van der Waals surface area contributed by atoms with Crippen LogP contribution < -0.4 is 0 Å². The van der Waals surface area contributed by atoms with Gasteiger partial charge in [0.25, 0.3) is 0 Å². The zero-order valence-electron chi connectivity index (χ0n) is 20.2. The van der Waals surface area contributed by atoms with Crippen LogP contribution in [-0.2, 0) is 0 Å². The Morgan fingerprint density at radius 3 is 2.58 bits per heavy atom. The summed E-state index contributed by atoms with van der Waals surface area (Å²) < 4.78 is -0.537. The molecule has 1 unspecified atom stereocenters. The lowest BCUT2D eigenvalue weighted by Gasteiger charge is -2.59. The highest BCUT2D eigenvalue weighted by molar-refractivity contribution is 14.1. The van der Waals surface area contributed by atoms with Crippen LogP contribution in [0.5, 0.6) is 0 Å². The molecule has 0 spiro atoms. The van der Waals surface area contributed by atoms with Gasteiger partial charge in [-0.2, -0.15) is 0 Å². The molecule has 31 heavy (non-hydrogen) atoms. The van der Waals surface area contributed by atoms with Crippen LogP contribution >= 0.6 is 22.6 Å². The van der Waals surface area contributed by atoms with Crippen molar-refractivity contribution in [2.45, 2.75) is 108 Å². The fourth-order valence-corrected chi connectivity index (χ4v) is 9.37. The van der Waals surface area contributed by atoms with E-state index in [0.717, 1.165) is 55.8 Å². The number of halogens is 1. The molecule has 178 valence electrons. The van der Waals surface area contributed by atoms with Gasteiger partial charge in [-0.3, -0.25) is 0 Å². The summed E-state index contributed by atoms with van der Waals surface area (Å²) in [5.41, 5.74) is 1.55. The maximum absolute atomic E-state index is 10.7. The molecule has 4 rings (SSSR count). The summed E-state index contributed by atoms with van der Waals surface area (Å²) in [5.74, 6) is 3.81. The van der Waals surface area contributed by atoms with Crippen molar-refractivity contribution >= 4 is 22.6 Å². The number of rotatable bonds is 6. The van der Waals surface area contributed by atoms with Gasteiger partial charge in [0.15, 0.2) is 0 Å². The molecule has 0 aliphatic heterocycles. The first kappa shape index (κ1) is 24.5. The number of hydrogen-bond donors (Lipinski definition) is 3. The quantitative estimate of drug-likeness (QED) is 0.211. The van der Waals surface area contributed by atoms with E-state index in [2.05, 4.69) is 49.4 Å². The van der Waals surface area contributed by atoms with Crippen molar-refractivity contribution in [3.63, 3.8) is 0 Å². The average molecular weight is 545 g/mol. The SMILES string of the molecule is C[C@H](CCC(C)(O)CCO)[C@H]1CC[C@H]2[C@@H]3CC=C4C[C@](O)(I)CC[C@]4(C)[C@H]3CC[C@]12C. The minimum atomic E-state index is -0.736. The Morgan fingerprint density at radius 2 is 1.87 bits per heavy atom. The van der Waals surface area contributed by atoms with Gasteiger partial charge in [0.2, 0.25) is 0 Å². The second kappa shape index (κ2) is 8.53. The fraction of sp³-hybridized carbons (Fsp3) is 0.926. The highest BCUT2D eigenvalue weighted by Gasteiger charge is 2.59. The van der Waals surface area contributed by atoms with Gasteiger partial charge in [-0.25, -0.2) is 0 Å². The van der Waals surface area contributed by atoms with Gasteiger partial charge in [-0.15, -0.1) is 0 Å². The number of allylic oxidation sites excluding steroid dienone is 1.